The topological polar surface area (TPSA) is 140 Å². The second-order valence-corrected chi connectivity index (χ2v) is 15.5. The zero-order valence-corrected chi connectivity index (χ0v) is 28.2. The van der Waals surface area contributed by atoms with Crippen molar-refractivity contribution in [2.24, 2.45) is 5.92 Å². The van der Waals surface area contributed by atoms with Crippen LogP contribution in [0.4, 0.5) is 13.8 Å². The molecule has 1 amide bonds. The third-order valence-electron chi connectivity index (χ3n) is 11.1. The third kappa shape index (κ3) is 5.18. The third-order valence-corrected chi connectivity index (χ3v) is 12.4. The van der Waals surface area contributed by atoms with Gasteiger partial charge in [0.1, 0.15) is 41.2 Å². The fourth-order valence-electron chi connectivity index (χ4n) is 8.34. The van der Waals surface area contributed by atoms with Crippen LogP contribution >= 0.6 is 22.9 Å². The molecule has 4 saturated heterocycles. The highest BCUT2D eigenvalue weighted by Crippen LogP contribution is 2.46. The SMILES string of the molecule is N#Cc1c(N)sc2c(F)ccc(-c3c(Cl)cc4c(O[C@H]5CCN(C(=O)[C@@H]6N[C@H]6C6CC6)C5)nc(OCC56CCCN5CCC6)nc4c3F)c12. The summed E-state index contributed by atoms with van der Waals surface area (Å²) in [5, 5.41) is 13.8. The Hall–Kier alpha value is -3.83. The van der Waals surface area contributed by atoms with E-state index in [1.165, 1.54) is 31.0 Å². The number of nitriles is 1. The number of likely N-dealkylation sites (tertiary alicyclic amines) is 1. The quantitative estimate of drug-likeness (QED) is 0.223. The Morgan fingerprint density at radius 2 is 1.98 bits per heavy atom. The molecular weight excluding hydrogens is 672 g/mol. The molecule has 5 aliphatic rings. The molecule has 0 unspecified atom stereocenters. The highest BCUT2D eigenvalue weighted by atomic mass is 35.5. The highest BCUT2D eigenvalue weighted by molar-refractivity contribution is 7.23. The van der Waals surface area contributed by atoms with Crippen LogP contribution in [0.15, 0.2) is 18.2 Å². The number of rotatable bonds is 8. The molecule has 4 aromatic rings. The predicted octanol–water partition coefficient (Wildman–Crippen LogP) is 5.63. The standard InChI is InChI=1S/C35H34ClF2N7O3S/c36-22-13-20-28(26(38)25(22)19-5-6-23(37)30-24(19)21(14-39)31(40)49-30)42-34(47-16-35-8-1-10-45(35)11-2-9-35)43-32(20)48-18-7-12-44(15-18)33(46)29-27(41-29)17-3-4-17/h5-6,13,17-18,27,29,41H,1-4,7-12,15-16,40H2/t18-,27-,29+/m0/s1. The summed E-state index contributed by atoms with van der Waals surface area (Å²) in [5.74, 6) is -0.544. The van der Waals surface area contributed by atoms with E-state index in [2.05, 4.69) is 20.2 Å². The zero-order valence-electron chi connectivity index (χ0n) is 26.6. The number of nitrogens with one attached hydrogen (secondary N) is 1. The van der Waals surface area contributed by atoms with Gasteiger partial charge in [-0.25, -0.2) is 8.78 Å². The molecule has 0 bridgehead atoms. The first kappa shape index (κ1) is 31.2. The number of carbonyl (C=O) groups excluding carboxylic acids is 1. The van der Waals surface area contributed by atoms with Gasteiger partial charge in [0.15, 0.2) is 5.82 Å². The van der Waals surface area contributed by atoms with Gasteiger partial charge < -0.3 is 20.1 Å². The van der Waals surface area contributed by atoms with Gasteiger partial charge in [-0.05, 0) is 75.2 Å². The lowest BCUT2D eigenvalue weighted by atomic mass is 9.95. The van der Waals surface area contributed by atoms with E-state index >= 15 is 4.39 Å². The first-order chi connectivity index (χ1) is 23.7. The number of hydrogen-bond donors (Lipinski definition) is 2. The summed E-state index contributed by atoms with van der Waals surface area (Å²) in [6.07, 6.45) is 6.75. The van der Waals surface area contributed by atoms with Gasteiger partial charge in [-0.3, -0.25) is 15.0 Å². The minimum Gasteiger partial charge on any atom is -0.472 e. The van der Waals surface area contributed by atoms with E-state index in [-0.39, 0.29) is 89.2 Å². The molecular formula is C35H34ClF2N7O3S. The summed E-state index contributed by atoms with van der Waals surface area (Å²) in [6.45, 7) is 3.33. The number of nitrogen functional groups attached to an aromatic ring is 1. The van der Waals surface area contributed by atoms with Crippen molar-refractivity contribution in [3.63, 3.8) is 0 Å². The lowest BCUT2D eigenvalue weighted by Crippen LogP contribution is -2.43. The predicted molar refractivity (Wildman–Crippen MR) is 182 cm³/mol. The van der Waals surface area contributed by atoms with Crippen LogP contribution in [0, 0.1) is 28.9 Å². The van der Waals surface area contributed by atoms with Gasteiger partial charge in [0.05, 0.1) is 32.8 Å². The molecule has 49 heavy (non-hydrogen) atoms. The molecule has 14 heteroatoms. The van der Waals surface area contributed by atoms with Gasteiger partial charge >= 0.3 is 6.01 Å². The number of hydrogen-bond acceptors (Lipinski definition) is 10. The number of nitrogens with two attached hydrogens (primary N) is 1. The Labute approximate surface area is 290 Å². The smallest absolute Gasteiger partial charge is 0.320 e. The lowest BCUT2D eigenvalue weighted by Gasteiger charge is -2.31. The summed E-state index contributed by atoms with van der Waals surface area (Å²) >= 11 is 7.75. The van der Waals surface area contributed by atoms with Crippen LogP contribution in [-0.2, 0) is 4.79 Å². The lowest BCUT2D eigenvalue weighted by molar-refractivity contribution is -0.130. The molecule has 4 aliphatic heterocycles. The van der Waals surface area contributed by atoms with Gasteiger partial charge in [-0.15, -0.1) is 11.3 Å². The minimum absolute atomic E-state index is 0.00859. The van der Waals surface area contributed by atoms with Crippen LogP contribution in [0.25, 0.3) is 32.1 Å². The van der Waals surface area contributed by atoms with Gasteiger partial charge in [0.2, 0.25) is 11.8 Å². The van der Waals surface area contributed by atoms with Crippen molar-refractivity contribution in [2.75, 3.05) is 38.5 Å². The molecule has 1 aliphatic carbocycles. The van der Waals surface area contributed by atoms with Crippen LogP contribution in [0.1, 0.15) is 50.5 Å². The fraction of sp³-hybridized carbons (Fsp3) is 0.486. The molecule has 2 aromatic carbocycles. The number of nitrogens with zero attached hydrogens (tertiary/aromatic N) is 5. The van der Waals surface area contributed by atoms with Crippen LogP contribution in [0.5, 0.6) is 11.9 Å². The van der Waals surface area contributed by atoms with Crippen LogP contribution in [0.2, 0.25) is 5.02 Å². The number of benzene rings is 2. The first-order valence-corrected chi connectivity index (χ1v) is 18.1. The minimum atomic E-state index is -0.781. The Kier molecular flexibility index (Phi) is 7.39. The number of anilines is 1. The zero-order chi connectivity index (χ0) is 33.6. The average molecular weight is 706 g/mol. The molecule has 2 aromatic heterocycles. The van der Waals surface area contributed by atoms with Gasteiger partial charge in [0, 0.05) is 30.0 Å². The Balaban J connectivity index is 1.10. The second-order valence-electron chi connectivity index (χ2n) is 14.0. The first-order valence-electron chi connectivity index (χ1n) is 16.9. The maximum absolute atomic E-state index is 16.9. The highest BCUT2D eigenvalue weighted by Gasteiger charge is 2.52. The summed E-state index contributed by atoms with van der Waals surface area (Å²) in [7, 11) is 0. The largest absolute Gasteiger partial charge is 0.472 e. The van der Waals surface area contributed by atoms with Crippen molar-refractivity contribution in [2.45, 2.75) is 68.7 Å². The van der Waals surface area contributed by atoms with Crippen molar-refractivity contribution in [1.82, 2.24) is 25.1 Å². The fourth-order valence-corrected chi connectivity index (χ4v) is 9.58. The normalized spacial score (nSPS) is 24.4. The molecule has 0 spiro atoms. The van der Waals surface area contributed by atoms with Crippen molar-refractivity contribution in [3.05, 3.63) is 40.4 Å². The number of amides is 1. The van der Waals surface area contributed by atoms with E-state index in [0.29, 0.717) is 32.0 Å². The Morgan fingerprint density at radius 1 is 1.18 bits per heavy atom. The van der Waals surface area contributed by atoms with E-state index < -0.39 is 11.6 Å². The molecule has 254 valence electrons. The number of fused-ring (bicyclic) bond motifs is 3. The van der Waals surface area contributed by atoms with E-state index in [1.54, 1.807) is 0 Å². The van der Waals surface area contributed by atoms with Crippen molar-refractivity contribution in [1.29, 1.82) is 5.26 Å². The molecule has 0 radical (unpaired) electrons. The van der Waals surface area contributed by atoms with Crippen molar-refractivity contribution in [3.8, 4) is 29.1 Å². The summed E-state index contributed by atoms with van der Waals surface area (Å²) < 4.78 is 44.7. The maximum atomic E-state index is 16.9. The van der Waals surface area contributed by atoms with E-state index in [0.717, 1.165) is 50.1 Å². The van der Waals surface area contributed by atoms with E-state index in [1.807, 2.05) is 11.0 Å². The number of thiophene rings is 1. The average Bonchev–Trinajstić information content (AvgIpc) is 3.90. The van der Waals surface area contributed by atoms with Gasteiger partial charge in [0.25, 0.3) is 0 Å². The van der Waals surface area contributed by atoms with Crippen LogP contribution in [-0.4, -0.2) is 82.2 Å². The number of carbonyl (C=O) groups is 1. The number of halogens is 3. The molecule has 5 fully saturated rings. The summed E-state index contributed by atoms with van der Waals surface area (Å²) in [4.78, 5) is 26.7. The molecule has 1 saturated carbocycles. The van der Waals surface area contributed by atoms with Crippen LogP contribution in [0.3, 0.4) is 0 Å². The van der Waals surface area contributed by atoms with E-state index in [4.69, 9.17) is 26.8 Å². The van der Waals surface area contributed by atoms with Crippen molar-refractivity contribution >= 4 is 54.8 Å². The maximum Gasteiger partial charge on any atom is 0.320 e. The molecule has 6 heterocycles. The monoisotopic (exact) mass is 705 g/mol. The number of aromatic nitrogens is 2. The molecule has 3 N–H and O–H groups in total. The van der Waals surface area contributed by atoms with Crippen molar-refractivity contribution < 1.29 is 23.0 Å². The van der Waals surface area contributed by atoms with Gasteiger partial charge in [-0.1, -0.05) is 17.7 Å². The Bertz CT molecular complexity index is 2070. The van der Waals surface area contributed by atoms with Gasteiger partial charge in [-0.2, -0.15) is 15.2 Å². The second kappa shape index (κ2) is 11.6. The molecule has 3 atom stereocenters. The molecule has 10 nitrogen and oxygen atoms in total. The Morgan fingerprint density at radius 3 is 2.73 bits per heavy atom. The molecule has 9 rings (SSSR count). The number of ether oxygens (including phenoxy) is 2. The van der Waals surface area contributed by atoms with Crippen LogP contribution < -0.4 is 20.5 Å². The summed E-state index contributed by atoms with van der Waals surface area (Å²) in [6, 6.07) is 6.32. The van der Waals surface area contributed by atoms with E-state index in [9.17, 15) is 14.4 Å². The summed E-state index contributed by atoms with van der Waals surface area (Å²) in [5.41, 5.74) is 6.14.